The predicted octanol–water partition coefficient (Wildman–Crippen LogP) is 1.05. The molecule has 1 heterocycles. The summed E-state index contributed by atoms with van der Waals surface area (Å²) in [5.74, 6) is -0.0571. The Hall–Kier alpha value is -2.17. The van der Waals surface area contributed by atoms with Crippen LogP contribution in [0.4, 0.5) is 5.69 Å². The second-order valence-corrected chi connectivity index (χ2v) is 6.11. The van der Waals surface area contributed by atoms with E-state index in [0.717, 1.165) is 21.3 Å². The summed E-state index contributed by atoms with van der Waals surface area (Å²) in [6, 6.07) is 21.7. The summed E-state index contributed by atoms with van der Waals surface area (Å²) in [5.41, 5.74) is 3.00. The summed E-state index contributed by atoms with van der Waals surface area (Å²) in [6.07, 6.45) is 3.88. The van der Waals surface area contributed by atoms with E-state index in [-0.39, 0.29) is 24.9 Å². The third-order valence-electron chi connectivity index (χ3n) is 3.40. The first kappa shape index (κ1) is 18.2. The lowest BCUT2D eigenvalue weighted by Crippen LogP contribution is -3.00. The summed E-state index contributed by atoms with van der Waals surface area (Å²) < 4.78 is 2.82. The Morgan fingerprint density at radius 3 is 2.46 bits per heavy atom. The zero-order chi connectivity index (χ0) is 16.1. The lowest BCUT2D eigenvalue weighted by atomic mass is 10.1. The highest BCUT2D eigenvalue weighted by atomic mass is 79.9. The van der Waals surface area contributed by atoms with Crippen molar-refractivity contribution in [2.24, 2.45) is 0 Å². The molecule has 1 N–H and O–H groups in total. The van der Waals surface area contributed by atoms with Gasteiger partial charge in [-0.2, -0.15) is 4.57 Å². The topological polar surface area (TPSA) is 33.0 Å². The van der Waals surface area contributed by atoms with Gasteiger partial charge in [0.25, 0.3) is 5.91 Å². The van der Waals surface area contributed by atoms with Crippen LogP contribution in [0.25, 0.3) is 11.1 Å². The first-order valence-corrected chi connectivity index (χ1v) is 8.10. The van der Waals surface area contributed by atoms with Crippen molar-refractivity contribution < 1.29 is 21.8 Å². The van der Waals surface area contributed by atoms with E-state index in [4.69, 9.17) is 0 Å². The van der Waals surface area contributed by atoms with Gasteiger partial charge in [0.1, 0.15) is 0 Å². The molecule has 0 aliphatic heterocycles. The number of halogens is 2. The second kappa shape index (κ2) is 8.62. The summed E-state index contributed by atoms with van der Waals surface area (Å²) in [5, 5.41) is 2.90. The molecule has 0 atom stereocenters. The monoisotopic (exact) mass is 402 g/mol. The van der Waals surface area contributed by atoms with Gasteiger partial charge in [-0.25, -0.2) is 0 Å². The van der Waals surface area contributed by atoms with Crippen LogP contribution in [0.5, 0.6) is 0 Å². The quantitative estimate of drug-likeness (QED) is 0.649. The van der Waals surface area contributed by atoms with Crippen LogP contribution in [-0.2, 0) is 11.3 Å². The van der Waals surface area contributed by atoms with Gasteiger partial charge in [-0.05, 0) is 29.8 Å². The molecule has 2 aromatic carbocycles. The zero-order valence-electron chi connectivity index (χ0n) is 12.8. The van der Waals surface area contributed by atoms with Crippen LogP contribution < -0.4 is 22.3 Å². The van der Waals surface area contributed by atoms with Gasteiger partial charge in [0, 0.05) is 21.8 Å². The van der Waals surface area contributed by atoms with E-state index >= 15 is 0 Å². The van der Waals surface area contributed by atoms with Gasteiger partial charge >= 0.3 is 0 Å². The number of hydrogen-bond donors (Lipinski definition) is 1. The fourth-order valence-corrected chi connectivity index (χ4v) is 2.75. The van der Waals surface area contributed by atoms with E-state index < -0.39 is 0 Å². The Kier molecular flexibility index (Phi) is 6.53. The Morgan fingerprint density at radius 1 is 0.958 bits per heavy atom. The molecule has 0 unspecified atom stereocenters. The van der Waals surface area contributed by atoms with Crippen molar-refractivity contribution in [3.63, 3.8) is 0 Å². The second-order valence-electron chi connectivity index (χ2n) is 5.19. The van der Waals surface area contributed by atoms with E-state index in [1.807, 2.05) is 71.6 Å². The van der Waals surface area contributed by atoms with Gasteiger partial charge in [0.15, 0.2) is 12.4 Å². The molecule has 122 valence electrons. The molecule has 0 aliphatic carbocycles. The summed E-state index contributed by atoms with van der Waals surface area (Å²) in [4.78, 5) is 12.2. The number of rotatable bonds is 4. The van der Waals surface area contributed by atoms with Gasteiger partial charge < -0.3 is 17.7 Å². The third kappa shape index (κ3) is 4.91. The average molecular weight is 404 g/mol. The minimum absolute atomic E-state index is 0. The average Bonchev–Trinajstić information content (AvgIpc) is 2.56. The number of amides is 1. The Balaban J connectivity index is 0.00000208. The molecule has 3 aromatic rings. The molecule has 0 fully saturated rings. The van der Waals surface area contributed by atoms with Gasteiger partial charge in [0.2, 0.25) is 6.54 Å². The molecule has 24 heavy (non-hydrogen) atoms. The van der Waals surface area contributed by atoms with Crippen molar-refractivity contribution in [1.82, 2.24) is 0 Å². The number of benzene rings is 2. The van der Waals surface area contributed by atoms with Crippen LogP contribution in [0.1, 0.15) is 0 Å². The van der Waals surface area contributed by atoms with E-state index in [1.165, 1.54) is 0 Å². The SMILES string of the molecule is O=C(C[n+]1cccc(-c2ccccc2)c1)Nc1cccc(Br)c1.[Cl-]. The van der Waals surface area contributed by atoms with E-state index in [9.17, 15) is 4.79 Å². The molecule has 1 amide bonds. The molecule has 5 heteroatoms. The lowest BCUT2D eigenvalue weighted by Gasteiger charge is -2.04. The molecule has 3 nitrogen and oxygen atoms in total. The van der Waals surface area contributed by atoms with E-state index in [1.54, 1.807) is 0 Å². The smallest absolute Gasteiger partial charge is 0.290 e. The Labute approximate surface area is 155 Å². The number of carbonyl (C=O) groups excluding carboxylic acids is 1. The molecular formula is C19H16BrClN2O. The molecule has 1 aromatic heterocycles. The highest BCUT2D eigenvalue weighted by Gasteiger charge is 2.11. The molecule has 0 bridgehead atoms. The van der Waals surface area contributed by atoms with Gasteiger partial charge in [0.05, 0.1) is 0 Å². The highest BCUT2D eigenvalue weighted by molar-refractivity contribution is 9.10. The summed E-state index contributed by atoms with van der Waals surface area (Å²) in [7, 11) is 0. The maximum absolute atomic E-state index is 12.2. The predicted molar refractivity (Wildman–Crippen MR) is 94.8 cm³/mol. The summed E-state index contributed by atoms with van der Waals surface area (Å²) in [6.45, 7) is 0.271. The van der Waals surface area contributed by atoms with Crippen molar-refractivity contribution in [3.8, 4) is 11.1 Å². The fraction of sp³-hybridized carbons (Fsp3) is 0.0526. The van der Waals surface area contributed by atoms with Crippen LogP contribution in [0.15, 0.2) is 83.6 Å². The molecule has 3 rings (SSSR count). The maximum atomic E-state index is 12.2. The minimum atomic E-state index is -0.0571. The number of hydrogen-bond acceptors (Lipinski definition) is 1. The minimum Gasteiger partial charge on any atom is -1.00 e. The van der Waals surface area contributed by atoms with Crippen LogP contribution in [0.3, 0.4) is 0 Å². The van der Waals surface area contributed by atoms with Crippen LogP contribution in [-0.4, -0.2) is 5.91 Å². The van der Waals surface area contributed by atoms with Crippen LogP contribution in [0, 0.1) is 0 Å². The van der Waals surface area contributed by atoms with E-state index in [0.29, 0.717) is 0 Å². The van der Waals surface area contributed by atoms with Gasteiger partial charge in [-0.3, -0.25) is 4.79 Å². The fourth-order valence-electron chi connectivity index (χ4n) is 2.35. The normalized spacial score (nSPS) is 9.88. The largest absolute Gasteiger partial charge is 1.00 e. The first-order valence-electron chi connectivity index (χ1n) is 7.31. The van der Waals surface area contributed by atoms with Crippen molar-refractivity contribution in [1.29, 1.82) is 0 Å². The van der Waals surface area contributed by atoms with Gasteiger partial charge in [-0.15, -0.1) is 0 Å². The van der Waals surface area contributed by atoms with Crippen molar-refractivity contribution in [2.75, 3.05) is 5.32 Å². The number of nitrogens with zero attached hydrogens (tertiary/aromatic N) is 1. The Morgan fingerprint density at radius 2 is 1.71 bits per heavy atom. The van der Waals surface area contributed by atoms with E-state index in [2.05, 4.69) is 33.4 Å². The van der Waals surface area contributed by atoms with Crippen LogP contribution >= 0.6 is 15.9 Å². The maximum Gasteiger partial charge on any atom is 0.290 e. The molecule has 0 saturated heterocycles. The Bertz CT molecular complexity index is 824. The highest BCUT2D eigenvalue weighted by Crippen LogP contribution is 2.17. The molecule has 0 spiro atoms. The van der Waals surface area contributed by atoms with Crippen molar-refractivity contribution >= 4 is 27.5 Å². The number of nitrogens with one attached hydrogen (secondary N) is 1. The first-order chi connectivity index (χ1) is 11.2. The van der Waals surface area contributed by atoms with Crippen molar-refractivity contribution in [2.45, 2.75) is 6.54 Å². The number of anilines is 1. The third-order valence-corrected chi connectivity index (χ3v) is 3.89. The molecule has 0 radical (unpaired) electrons. The molecular weight excluding hydrogens is 388 g/mol. The lowest BCUT2D eigenvalue weighted by molar-refractivity contribution is -0.683. The number of pyridine rings is 1. The molecule has 0 aliphatic rings. The van der Waals surface area contributed by atoms with Gasteiger partial charge in [-0.1, -0.05) is 52.3 Å². The summed E-state index contributed by atoms with van der Waals surface area (Å²) >= 11 is 3.40. The molecule has 0 saturated carbocycles. The zero-order valence-corrected chi connectivity index (χ0v) is 15.2. The van der Waals surface area contributed by atoms with Crippen LogP contribution in [0.2, 0.25) is 0 Å². The number of aromatic nitrogens is 1. The standard InChI is InChI=1S/C19H15BrN2O.ClH/c20-17-9-4-10-18(12-17)21-19(23)14-22-11-5-8-16(13-22)15-6-2-1-3-7-15;/h1-13H,14H2;1H. The van der Waals surface area contributed by atoms with Crippen molar-refractivity contribution in [3.05, 3.63) is 83.6 Å². The number of carbonyl (C=O) groups is 1.